The van der Waals surface area contributed by atoms with Gasteiger partial charge in [-0.05, 0) is 5.56 Å². The van der Waals surface area contributed by atoms with Gasteiger partial charge in [0.25, 0.3) is 0 Å². The number of aliphatic hydroxyl groups is 1. The fraction of sp³-hybridized carbons (Fsp3) is 0.333. The summed E-state index contributed by atoms with van der Waals surface area (Å²) in [5, 5.41) is 8.94. The van der Waals surface area contributed by atoms with Crippen LogP contribution in [0.4, 0.5) is 4.39 Å². The molecule has 0 bridgehead atoms. The van der Waals surface area contributed by atoms with Crippen molar-refractivity contribution in [3.63, 3.8) is 0 Å². The normalized spacial score (nSPS) is 12.9. The van der Waals surface area contributed by atoms with E-state index in [-0.39, 0.29) is 0 Å². The van der Waals surface area contributed by atoms with E-state index < -0.39 is 12.8 Å². The minimum Gasteiger partial charge on any atom is -0.390 e. The van der Waals surface area contributed by atoms with Crippen LogP contribution in [0.3, 0.4) is 0 Å². The van der Waals surface area contributed by atoms with Crippen molar-refractivity contribution in [1.82, 2.24) is 0 Å². The van der Waals surface area contributed by atoms with E-state index >= 15 is 0 Å². The molecule has 0 heterocycles. The molecule has 0 saturated carbocycles. The van der Waals surface area contributed by atoms with Gasteiger partial charge >= 0.3 is 0 Å². The Morgan fingerprint density at radius 3 is 2.45 bits per heavy atom. The van der Waals surface area contributed by atoms with Crippen LogP contribution in [0, 0.1) is 0 Å². The predicted octanol–water partition coefficient (Wildman–Crippen LogP) is 1.56. The molecular weight excluding hydrogens is 142 g/mol. The Morgan fingerprint density at radius 1 is 1.27 bits per heavy atom. The third-order valence-electron chi connectivity index (χ3n) is 1.49. The minimum atomic E-state index is -0.850. The van der Waals surface area contributed by atoms with Gasteiger partial charge in [0.1, 0.15) is 6.67 Å². The van der Waals surface area contributed by atoms with Crippen molar-refractivity contribution in [3.05, 3.63) is 35.9 Å². The molecule has 1 nitrogen and oxygen atoms in total. The zero-order valence-electron chi connectivity index (χ0n) is 6.20. The zero-order valence-corrected chi connectivity index (χ0v) is 6.20. The topological polar surface area (TPSA) is 20.2 Å². The van der Waals surface area contributed by atoms with E-state index in [1.807, 2.05) is 30.3 Å². The molecule has 1 aromatic carbocycles. The van der Waals surface area contributed by atoms with Crippen molar-refractivity contribution in [1.29, 1.82) is 0 Å². The number of benzene rings is 1. The van der Waals surface area contributed by atoms with Crippen LogP contribution >= 0.6 is 0 Å². The lowest BCUT2D eigenvalue weighted by atomic mass is 10.1. The maximum atomic E-state index is 11.8. The largest absolute Gasteiger partial charge is 0.390 e. The van der Waals surface area contributed by atoms with E-state index in [4.69, 9.17) is 5.11 Å². The first-order chi connectivity index (χ1) is 5.33. The molecule has 1 atom stereocenters. The summed E-state index contributed by atoms with van der Waals surface area (Å²) < 4.78 is 11.8. The second-order valence-corrected chi connectivity index (χ2v) is 2.50. The van der Waals surface area contributed by atoms with Crippen molar-refractivity contribution >= 4 is 0 Å². The van der Waals surface area contributed by atoms with Crippen molar-refractivity contribution in [2.24, 2.45) is 0 Å². The van der Waals surface area contributed by atoms with Gasteiger partial charge in [-0.1, -0.05) is 30.3 Å². The Bertz CT molecular complexity index is 198. The molecule has 0 aliphatic carbocycles. The standard InChI is InChI=1S/C9H11FO/c10-7-9(11)6-8-4-2-1-3-5-8/h1-5,9,11H,6-7H2/t9-/m0/s1/i10-1. The summed E-state index contributed by atoms with van der Waals surface area (Å²) in [6, 6.07) is 9.39. The first-order valence-electron chi connectivity index (χ1n) is 3.61. The smallest absolute Gasteiger partial charge is 0.116 e. The second kappa shape index (κ2) is 4.09. The van der Waals surface area contributed by atoms with E-state index in [0.29, 0.717) is 6.42 Å². The molecule has 0 unspecified atom stereocenters. The van der Waals surface area contributed by atoms with E-state index in [1.54, 1.807) is 0 Å². The molecule has 0 spiro atoms. The average molecular weight is 153 g/mol. The lowest BCUT2D eigenvalue weighted by Crippen LogP contribution is -2.12. The maximum Gasteiger partial charge on any atom is 0.116 e. The highest BCUT2D eigenvalue weighted by molar-refractivity contribution is 5.15. The molecule has 1 rings (SSSR count). The van der Waals surface area contributed by atoms with Crippen LogP contribution < -0.4 is 0 Å². The number of hydrogen-bond donors (Lipinski definition) is 1. The SMILES string of the molecule is O[C@H](C[18F])Cc1ccccc1. The molecular formula is C9H11FO. The second-order valence-electron chi connectivity index (χ2n) is 2.50. The van der Waals surface area contributed by atoms with Crippen LogP contribution in [0.2, 0.25) is 0 Å². The van der Waals surface area contributed by atoms with E-state index in [9.17, 15) is 4.39 Å². The number of alkyl halides is 1. The zero-order chi connectivity index (χ0) is 8.10. The van der Waals surface area contributed by atoms with Crippen LogP contribution in [-0.4, -0.2) is 17.9 Å². The van der Waals surface area contributed by atoms with Crippen molar-refractivity contribution in [2.75, 3.05) is 6.67 Å². The molecule has 0 aromatic heterocycles. The predicted molar refractivity (Wildman–Crippen MR) is 42.1 cm³/mol. The number of aliphatic hydroxyl groups excluding tert-OH is 1. The van der Waals surface area contributed by atoms with Crippen molar-refractivity contribution in [2.45, 2.75) is 12.5 Å². The fourth-order valence-electron chi connectivity index (χ4n) is 0.941. The lowest BCUT2D eigenvalue weighted by molar-refractivity contribution is 0.140. The van der Waals surface area contributed by atoms with Gasteiger partial charge in [0, 0.05) is 6.42 Å². The van der Waals surface area contributed by atoms with Gasteiger partial charge in [0.2, 0.25) is 0 Å². The van der Waals surface area contributed by atoms with Crippen LogP contribution in [0.15, 0.2) is 30.3 Å². The molecule has 1 N–H and O–H groups in total. The van der Waals surface area contributed by atoms with E-state index in [1.165, 1.54) is 0 Å². The Morgan fingerprint density at radius 2 is 1.91 bits per heavy atom. The quantitative estimate of drug-likeness (QED) is 0.698. The summed E-state index contributed by atoms with van der Waals surface area (Å²) in [4.78, 5) is 0. The fourth-order valence-corrected chi connectivity index (χ4v) is 0.941. The summed E-state index contributed by atoms with van der Waals surface area (Å²) >= 11 is 0. The average Bonchev–Trinajstić information content (AvgIpc) is 2.06. The van der Waals surface area contributed by atoms with Gasteiger partial charge in [-0.15, -0.1) is 0 Å². The van der Waals surface area contributed by atoms with Crippen LogP contribution in [-0.2, 0) is 6.42 Å². The van der Waals surface area contributed by atoms with Gasteiger partial charge in [0.05, 0.1) is 6.10 Å². The van der Waals surface area contributed by atoms with Gasteiger partial charge in [-0.2, -0.15) is 0 Å². The maximum absolute atomic E-state index is 11.8. The molecule has 0 fully saturated rings. The summed E-state index contributed by atoms with van der Waals surface area (Å²) in [5.41, 5.74) is 0.970. The highest BCUT2D eigenvalue weighted by Crippen LogP contribution is 2.02. The minimum absolute atomic E-state index is 0.400. The molecule has 0 aliphatic rings. The lowest BCUT2D eigenvalue weighted by Gasteiger charge is -2.04. The molecule has 0 amide bonds. The Balaban J connectivity index is 2.51. The van der Waals surface area contributed by atoms with Gasteiger partial charge in [-0.3, -0.25) is 0 Å². The van der Waals surface area contributed by atoms with E-state index in [0.717, 1.165) is 5.56 Å². The Hall–Kier alpha value is -0.890. The molecule has 0 aliphatic heterocycles. The van der Waals surface area contributed by atoms with Crippen LogP contribution in [0.25, 0.3) is 0 Å². The number of rotatable bonds is 3. The summed E-state index contributed by atoms with van der Waals surface area (Å²) in [6.45, 7) is -0.672. The Kier molecular flexibility index (Phi) is 3.05. The highest BCUT2D eigenvalue weighted by atomic mass is 18.2. The number of hydrogen-bond acceptors (Lipinski definition) is 1. The van der Waals surface area contributed by atoms with Crippen LogP contribution in [0.5, 0.6) is 0 Å². The first-order valence-corrected chi connectivity index (χ1v) is 3.61. The third kappa shape index (κ3) is 2.68. The first kappa shape index (κ1) is 8.21. The molecule has 0 saturated heterocycles. The highest BCUT2D eigenvalue weighted by Gasteiger charge is 2.02. The van der Waals surface area contributed by atoms with Gasteiger partial charge in [-0.25, -0.2) is 4.39 Å². The monoisotopic (exact) mass is 153 g/mol. The molecule has 2 heteroatoms. The van der Waals surface area contributed by atoms with E-state index in [2.05, 4.69) is 0 Å². The number of halogens is 1. The summed E-state index contributed by atoms with van der Waals surface area (Å²) in [5.74, 6) is 0. The third-order valence-corrected chi connectivity index (χ3v) is 1.49. The summed E-state index contributed by atoms with van der Waals surface area (Å²) in [6.07, 6.45) is -0.449. The molecule has 60 valence electrons. The molecule has 0 radical (unpaired) electrons. The van der Waals surface area contributed by atoms with Crippen LogP contribution in [0.1, 0.15) is 5.56 Å². The van der Waals surface area contributed by atoms with Gasteiger partial charge in [0.15, 0.2) is 0 Å². The van der Waals surface area contributed by atoms with Crippen molar-refractivity contribution in [3.8, 4) is 0 Å². The summed E-state index contributed by atoms with van der Waals surface area (Å²) in [7, 11) is 0. The van der Waals surface area contributed by atoms with Gasteiger partial charge < -0.3 is 5.11 Å². The Labute approximate surface area is 65.5 Å². The molecule has 1 aromatic rings. The van der Waals surface area contributed by atoms with Crippen molar-refractivity contribution < 1.29 is 9.50 Å². The molecule has 11 heavy (non-hydrogen) atoms.